The molecule has 0 unspecified atom stereocenters. The Balaban J connectivity index is 2.03. The van der Waals surface area contributed by atoms with Crippen LogP contribution >= 0.6 is 0 Å². The second-order valence-electron chi connectivity index (χ2n) is 5.59. The fourth-order valence-corrected chi connectivity index (χ4v) is 2.04. The second kappa shape index (κ2) is 5.67. The average molecular weight is 226 g/mol. The van der Waals surface area contributed by atoms with E-state index in [0.29, 0.717) is 11.8 Å². The van der Waals surface area contributed by atoms with E-state index in [2.05, 4.69) is 19.2 Å². The summed E-state index contributed by atoms with van der Waals surface area (Å²) >= 11 is 0. The third kappa shape index (κ3) is 3.78. The summed E-state index contributed by atoms with van der Waals surface area (Å²) in [5.41, 5.74) is 0.575. The SMILES string of the molecule is CC(C)C1(CNCCCC(=O)N(C)C)CC1. The summed E-state index contributed by atoms with van der Waals surface area (Å²) in [7, 11) is 3.63. The number of hydrogen-bond acceptors (Lipinski definition) is 2. The molecule has 94 valence electrons. The van der Waals surface area contributed by atoms with E-state index in [1.807, 2.05) is 14.1 Å². The lowest BCUT2D eigenvalue weighted by Gasteiger charge is -2.20. The molecule has 0 atom stereocenters. The molecule has 0 aromatic heterocycles. The van der Waals surface area contributed by atoms with E-state index in [9.17, 15) is 4.79 Å². The maximum absolute atomic E-state index is 11.3. The van der Waals surface area contributed by atoms with E-state index in [4.69, 9.17) is 0 Å². The number of amides is 1. The Morgan fingerprint density at radius 2 is 2.00 bits per heavy atom. The molecule has 1 amide bonds. The molecule has 1 N–H and O–H groups in total. The maximum atomic E-state index is 11.3. The Hall–Kier alpha value is -0.570. The quantitative estimate of drug-likeness (QED) is 0.672. The van der Waals surface area contributed by atoms with Crippen molar-refractivity contribution >= 4 is 5.91 Å². The van der Waals surface area contributed by atoms with Crippen LogP contribution in [0.2, 0.25) is 0 Å². The lowest BCUT2D eigenvalue weighted by atomic mass is 9.92. The van der Waals surface area contributed by atoms with Crippen molar-refractivity contribution in [3.63, 3.8) is 0 Å². The Morgan fingerprint density at radius 1 is 1.38 bits per heavy atom. The summed E-state index contributed by atoms with van der Waals surface area (Å²) < 4.78 is 0. The molecule has 16 heavy (non-hydrogen) atoms. The normalized spacial score (nSPS) is 17.6. The summed E-state index contributed by atoms with van der Waals surface area (Å²) in [6, 6.07) is 0. The minimum Gasteiger partial charge on any atom is -0.349 e. The predicted molar refractivity (Wildman–Crippen MR) is 67.3 cm³/mol. The molecular formula is C13H26N2O. The molecular weight excluding hydrogens is 200 g/mol. The van der Waals surface area contributed by atoms with Gasteiger partial charge in [-0.05, 0) is 37.1 Å². The first-order valence-electron chi connectivity index (χ1n) is 6.39. The minimum atomic E-state index is 0.229. The summed E-state index contributed by atoms with van der Waals surface area (Å²) in [5, 5.41) is 3.49. The van der Waals surface area contributed by atoms with Crippen LogP contribution in [-0.2, 0) is 4.79 Å². The van der Waals surface area contributed by atoms with E-state index in [1.54, 1.807) is 4.90 Å². The van der Waals surface area contributed by atoms with E-state index in [0.717, 1.165) is 25.4 Å². The number of nitrogens with one attached hydrogen (secondary N) is 1. The standard InChI is InChI=1S/C13H26N2O/c1-11(2)13(7-8-13)10-14-9-5-6-12(16)15(3)4/h11,14H,5-10H2,1-4H3. The Kier molecular flexibility index (Phi) is 4.78. The molecule has 0 aromatic rings. The van der Waals surface area contributed by atoms with Crippen molar-refractivity contribution < 1.29 is 4.79 Å². The van der Waals surface area contributed by atoms with Gasteiger partial charge in [-0.2, -0.15) is 0 Å². The van der Waals surface area contributed by atoms with E-state index in [-0.39, 0.29) is 5.91 Å². The van der Waals surface area contributed by atoms with Crippen LogP contribution in [0.4, 0.5) is 0 Å². The molecule has 0 aromatic carbocycles. The van der Waals surface area contributed by atoms with Crippen molar-refractivity contribution in [3.05, 3.63) is 0 Å². The highest BCUT2D eigenvalue weighted by atomic mass is 16.2. The molecule has 0 saturated heterocycles. The molecule has 1 saturated carbocycles. The molecule has 1 aliphatic carbocycles. The van der Waals surface area contributed by atoms with Gasteiger partial charge >= 0.3 is 0 Å². The zero-order chi connectivity index (χ0) is 12.2. The van der Waals surface area contributed by atoms with Crippen molar-refractivity contribution in [3.8, 4) is 0 Å². The van der Waals surface area contributed by atoms with Crippen LogP contribution in [0.25, 0.3) is 0 Å². The molecule has 0 heterocycles. The fraction of sp³-hybridized carbons (Fsp3) is 0.923. The highest BCUT2D eigenvalue weighted by molar-refractivity contribution is 5.75. The van der Waals surface area contributed by atoms with Gasteiger partial charge < -0.3 is 10.2 Å². The number of nitrogens with zero attached hydrogens (tertiary/aromatic N) is 1. The van der Waals surface area contributed by atoms with Gasteiger partial charge in [0.1, 0.15) is 0 Å². The molecule has 0 radical (unpaired) electrons. The first kappa shape index (κ1) is 13.5. The third-order valence-electron chi connectivity index (χ3n) is 3.84. The summed E-state index contributed by atoms with van der Waals surface area (Å²) in [6.07, 6.45) is 4.35. The van der Waals surface area contributed by atoms with Gasteiger partial charge in [-0.1, -0.05) is 13.8 Å². The molecule has 1 fully saturated rings. The Bertz CT molecular complexity index is 232. The van der Waals surface area contributed by atoms with Crippen molar-refractivity contribution in [1.82, 2.24) is 10.2 Å². The average Bonchev–Trinajstić information content (AvgIpc) is 2.98. The number of carbonyl (C=O) groups excluding carboxylic acids is 1. The monoisotopic (exact) mass is 226 g/mol. The topological polar surface area (TPSA) is 32.3 Å². The smallest absolute Gasteiger partial charge is 0.222 e. The highest BCUT2D eigenvalue weighted by Crippen LogP contribution is 2.51. The van der Waals surface area contributed by atoms with Crippen LogP contribution in [0.1, 0.15) is 39.5 Å². The van der Waals surface area contributed by atoms with Crippen molar-refractivity contribution in [2.45, 2.75) is 39.5 Å². The molecule has 3 heteroatoms. The van der Waals surface area contributed by atoms with Crippen LogP contribution in [0.5, 0.6) is 0 Å². The van der Waals surface area contributed by atoms with Crippen LogP contribution in [0.3, 0.4) is 0 Å². The van der Waals surface area contributed by atoms with E-state index < -0.39 is 0 Å². The molecule has 0 spiro atoms. The Morgan fingerprint density at radius 3 is 2.44 bits per heavy atom. The highest BCUT2D eigenvalue weighted by Gasteiger charge is 2.44. The summed E-state index contributed by atoms with van der Waals surface area (Å²) in [4.78, 5) is 13.0. The zero-order valence-corrected chi connectivity index (χ0v) is 11.2. The van der Waals surface area contributed by atoms with Crippen LogP contribution in [-0.4, -0.2) is 38.0 Å². The Labute approximate surface area is 99.6 Å². The van der Waals surface area contributed by atoms with E-state index >= 15 is 0 Å². The van der Waals surface area contributed by atoms with Gasteiger partial charge in [0.05, 0.1) is 0 Å². The molecule has 0 aliphatic heterocycles. The van der Waals surface area contributed by atoms with E-state index in [1.165, 1.54) is 12.8 Å². The van der Waals surface area contributed by atoms with Gasteiger partial charge in [0, 0.05) is 27.1 Å². The number of carbonyl (C=O) groups is 1. The fourth-order valence-electron chi connectivity index (χ4n) is 2.04. The summed E-state index contributed by atoms with van der Waals surface area (Å²) in [6.45, 7) is 6.71. The minimum absolute atomic E-state index is 0.229. The number of rotatable bonds is 7. The molecule has 1 aliphatic rings. The molecule has 0 bridgehead atoms. The van der Waals surface area contributed by atoms with Crippen molar-refractivity contribution in [1.29, 1.82) is 0 Å². The van der Waals surface area contributed by atoms with Crippen molar-refractivity contribution in [2.75, 3.05) is 27.2 Å². The largest absolute Gasteiger partial charge is 0.349 e. The second-order valence-corrected chi connectivity index (χ2v) is 5.59. The maximum Gasteiger partial charge on any atom is 0.222 e. The van der Waals surface area contributed by atoms with Gasteiger partial charge in [0.25, 0.3) is 0 Å². The van der Waals surface area contributed by atoms with Gasteiger partial charge in [-0.15, -0.1) is 0 Å². The van der Waals surface area contributed by atoms with Crippen LogP contribution in [0, 0.1) is 11.3 Å². The molecule has 1 rings (SSSR count). The first-order valence-corrected chi connectivity index (χ1v) is 6.39. The van der Waals surface area contributed by atoms with Gasteiger partial charge in [0.2, 0.25) is 5.91 Å². The van der Waals surface area contributed by atoms with Gasteiger partial charge in [-0.25, -0.2) is 0 Å². The molecule has 3 nitrogen and oxygen atoms in total. The number of hydrogen-bond donors (Lipinski definition) is 1. The predicted octanol–water partition coefficient (Wildman–Crippen LogP) is 1.88. The van der Waals surface area contributed by atoms with Crippen LogP contribution < -0.4 is 5.32 Å². The zero-order valence-electron chi connectivity index (χ0n) is 11.2. The lowest BCUT2D eigenvalue weighted by molar-refractivity contribution is -0.128. The van der Waals surface area contributed by atoms with Crippen LogP contribution in [0.15, 0.2) is 0 Å². The van der Waals surface area contributed by atoms with Crippen molar-refractivity contribution in [2.24, 2.45) is 11.3 Å². The van der Waals surface area contributed by atoms with Gasteiger partial charge in [-0.3, -0.25) is 4.79 Å². The lowest BCUT2D eigenvalue weighted by Crippen LogP contribution is -2.29. The first-order chi connectivity index (χ1) is 7.48. The van der Waals surface area contributed by atoms with Gasteiger partial charge in [0.15, 0.2) is 0 Å². The summed E-state index contributed by atoms with van der Waals surface area (Å²) in [5.74, 6) is 1.01. The third-order valence-corrected chi connectivity index (χ3v) is 3.84.